The fourth-order valence-corrected chi connectivity index (χ4v) is 2.41. The number of hydrogen-bond acceptors (Lipinski definition) is 1. The van der Waals surface area contributed by atoms with Crippen LogP contribution in [0.5, 0.6) is 0 Å². The number of amides is 2. The van der Waals surface area contributed by atoms with Crippen LogP contribution in [-0.4, -0.2) is 17.0 Å². The average molecular weight is 368 g/mol. The molecule has 1 atom stereocenters. The average Bonchev–Trinajstić information content (AvgIpc) is 2.58. The number of carbonyl (C=O) groups is 1. The summed E-state index contributed by atoms with van der Waals surface area (Å²) in [6, 6.07) is 9.62. The van der Waals surface area contributed by atoms with E-state index in [0.717, 1.165) is 12.1 Å². The Morgan fingerprint density at radius 2 is 1.81 bits per heavy atom. The molecule has 7 heteroatoms. The smallest absolute Gasteiger partial charge is 0.318 e. The molecule has 0 heterocycles. The Morgan fingerprint density at radius 3 is 2.35 bits per heavy atom. The monoisotopic (exact) mass is 368 g/mol. The molecule has 1 unspecified atom stereocenters. The number of benzene rings is 2. The van der Waals surface area contributed by atoms with Crippen molar-refractivity contribution in [3.63, 3.8) is 0 Å². The Balaban J connectivity index is 2.15. The second-order valence-corrected chi connectivity index (χ2v) is 6.02. The third-order valence-electron chi connectivity index (χ3n) is 4.09. The predicted octanol–water partition coefficient (Wildman–Crippen LogP) is 5.68. The first-order valence-electron chi connectivity index (χ1n) is 8.20. The van der Waals surface area contributed by atoms with Gasteiger partial charge in [0.15, 0.2) is 0 Å². The number of halogens is 4. The van der Waals surface area contributed by atoms with Crippen LogP contribution in [-0.2, 0) is 12.7 Å². The lowest BCUT2D eigenvalue weighted by Crippen LogP contribution is -2.40. The van der Waals surface area contributed by atoms with Crippen molar-refractivity contribution < 1.29 is 22.4 Å². The number of rotatable bonds is 5. The quantitative estimate of drug-likeness (QED) is 0.677. The summed E-state index contributed by atoms with van der Waals surface area (Å²) in [6.07, 6.45) is -3.74. The van der Waals surface area contributed by atoms with Crippen LogP contribution in [0.3, 0.4) is 0 Å². The number of nitrogens with one attached hydrogen (secondary N) is 1. The Hall–Kier alpha value is -2.57. The van der Waals surface area contributed by atoms with Crippen molar-refractivity contribution in [1.82, 2.24) is 4.90 Å². The van der Waals surface area contributed by atoms with Crippen molar-refractivity contribution >= 4 is 11.7 Å². The van der Waals surface area contributed by atoms with Crippen LogP contribution in [0.15, 0.2) is 48.5 Å². The normalized spacial score (nSPS) is 12.5. The van der Waals surface area contributed by atoms with Gasteiger partial charge in [-0.3, -0.25) is 0 Å². The maximum Gasteiger partial charge on any atom is 0.416 e. The fraction of sp³-hybridized carbons (Fsp3) is 0.316. The van der Waals surface area contributed by atoms with Gasteiger partial charge < -0.3 is 10.2 Å². The topological polar surface area (TPSA) is 32.3 Å². The first-order chi connectivity index (χ1) is 12.2. The SMILES string of the molecule is CCC(C)N(Cc1ccc(C(F)(F)F)cc1)C(=O)Nc1cccc(F)c1. The molecule has 0 bridgehead atoms. The number of carbonyl (C=O) groups excluding carboxylic acids is 1. The lowest BCUT2D eigenvalue weighted by Gasteiger charge is -2.29. The molecular weight excluding hydrogens is 348 g/mol. The molecule has 0 fully saturated rings. The molecule has 0 saturated carbocycles. The van der Waals surface area contributed by atoms with Gasteiger partial charge in [-0.25, -0.2) is 9.18 Å². The van der Waals surface area contributed by atoms with Gasteiger partial charge in [0.1, 0.15) is 5.82 Å². The molecule has 0 radical (unpaired) electrons. The highest BCUT2D eigenvalue weighted by Crippen LogP contribution is 2.29. The molecule has 2 amide bonds. The van der Waals surface area contributed by atoms with E-state index in [1.165, 1.54) is 35.2 Å². The highest BCUT2D eigenvalue weighted by atomic mass is 19.4. The van der Waals surface area contributed by atoms with Crippen molar-refractivity contribution in [2.75, 3.05) is 5.32 Å². The molecule has 2 aromatic carbocycles. The predicted molar refractivity (Wildman–Crippen MR) is 92.2 cm³/mol. The molecule has 1 N–H and O–H groups in total. The van der Waals surface area contributed by atoms with Crippen LogP contribution < -0.4 is 5.32 Å². The lowest BCUT2D eigenvalue weighted by molar-refractivity contribution is -0.137. The molecule has 3 nitrogen and oxygen atoms in total. The molecule has 140 valence electrons. The third kappa shape index (κ3) is 5.21. The molecule has 0 aliphatic rings. The highest BCUT2D eigenvalue weighted by molar-refractivity contribution is 5.89. The van der Waals surface area contributed by atoms with Crippen LogP contribution >= 0.6 is 0 Å². The van der Waals surface area contributed by atoms with Crippen LogP contribution in [0.4, 0.5) is 28.0 Å². The molecule has 0 spiro atoms. The minimum absolute atomic E-state index is 0.147. The van der Waals surface area contributed by atoms with Gasteiger partial charge >= 0.3 is 12.2 Å². The standard InChI is InChI=1S/C19H20F4N2O/c1-3-13(2)25(18(26)24-17-6-4-5-16(20)11-17)12-14-7-9-15(10-8-14)19(21,22)23/h4-11,13H,3,12H2,1-2H3,(H,24,26). The Labute approximate surface area is 149 Å². The minimum Gasteiger partial charge on any atom is -0.318 e. The molecule has 0 saturated heterocycles. The zero-order chi connectivity index (χ0) is 19.3. The summed E-state index contributed by atoms with van der Waals surface area (Å²) in [5.74, 6) is -0.472. The molecule has 0 aliphatic carbocycles. The van der Waals surface area contributed by atoms with E-state index in [1.54, 1.807) is 6.07 Å². The number of alkyl halides is 3. The maximum atomic E-state index is 13.3. The maximum absolute atomic E-state index is 13.3. The van der Waals surface area contributed by atoms with E-state index >= 15 is 0 Å². The van der Waals surface area contributed by atoms with Gasteiger partial charge in [-0.05, 0) is 49.2 Å². The van der Waals surface area contributed by atoms with Crippen LogP contribution in [0.2, 0.25) is 0 Å². The van der Waals surface area contributed by atoms with E-state index in [4.69, 9.17) is 0 Å². The second kappa shape index (κ2) is 8.21. The van der Waals surface area contributed by atoms with Crippen molar-refractivity contribution in [1.29, 1.82) is 0 Å². The van der Waals surface area contributed by atoms with Gasteiger partial charge in [0, 0.05) is 18.3 Å². The molecule has 0 aliphatic heterocycles. The summed E-state index contributed by atoms with van der Waals surface area (Å²) in [5.41, 5.74) is 0.156. The fourth-order valence-electron chi connectivity index (χ4n) is 2.41. The van der Waals surface area contributed by atoms with Crippen molar-refractivity contribution in [2.45, 2.75) is 39.0 Å². The Bertz CT molecular complexity index is 744. The number of hydrogen-bond donors (Lipinski definition) is 1. The Morgan fingerprint density at radius 1 is 1.15 bits per heavy atom. The minimum atomic E-state index is -4.40. The highest BCUT2D eigenvalue weighted by Gasteiger charge is 2.30. The number of nitrogens with zero attached hydrogens (tertiary/aromatic N) is 1. The molecule has 2 aromatic rings. The zero-order valence-electron chi connectivity index (χ0n) is 14.5. The summed E-state index contributed by atoms with van der Waals surface area (Å²) >= 11 is 0. The first kappa shape index (κ1) is 19.8. The molecule has 2 rings (SSSR count). The summed E-state index contributed by atoms with van der Waals surface area (Å²) < 4.78 is 51.3. The van der Waals surface area contributed by atoms with E-state index < -0.39 is 23.6 Å². The summed E-state index contributed by atoms with van der Waals surface area (Å²) in [7, 11) is 0. The van der Waals surface area contributed by atoms with Gasteiger partial charge in [-0.1, -0.05) is 25.1 Å². The molecule has 0 aromatic heterocycles. The van der Waals surface area contributed by atoms with E-state index in [9.17, 15) is 22.4 Å². The molecular formula is C19H20F4N2O. The number of anilines is 1. The number of urea groups is 1. The largest absolute Gasteiger partial charge is 0.416 e. The van der Waals surface area contributed by atoms with Gasteiger partial charge in [-0.2, -0.15) is 13.2 Å². The lowest BCUT2D eigenvalue weighted by atomic mass is 10.1. The van der Waals surface area contributed by atoms with E-state index in [2.05, 4.69) is 5.32 Å². The summed E-state index contributed by atoms with van der Waals surface area (Å²) in [4.78, 5) is 14.1. The van der Waals surface area contributed by atoms with Gasteiger partial charge in [0.05, 0.1) is 5.56 Å². The summed E-state index contributed by atoms with van der Waals surface area (Å²) in [5, 5.41) is 2.62. The van der Waals surface area contributed by atoms with Crippen molar-refractivity contribution in [3.8, 4) is 0 Å². The second-order valence-electron chi connectivity index (χ2n) is 6.02. The van der Waals surface area contributed by atoms with Crippen molar-refractivity contribution in [3.05, 3.63) is 65.5 Å². The van der Waals surface area contributed by atoms with E-state index in [1.807, 2.05) is 13.8 Å². The first-order valence-corrected chi connectivity index (χ1v) is 8.20. The van der Waals surface area contributed by atoms with Crippen molar-refractivity contribution in [2.24, 2.45) is 0 Å². The van der Waals surface area contributed by atoms with E-state index in [-0.39, 0.29) is 12.6 Å². The van der Waals surface area contributed by atoms with Crippen LogP contribution in [0, 0.1) is 5.82 Å². The van der Waals surface area contributed by atoms with Gasteiger partial charge in [0.2, 0.25) is 0 Å². The van der Waals surface area contributed by atoms with Gasteiger partial charge in [0.25, 0.3) is 0 Å². The van der Waals surface area contributed by atoms with Crippen LogP contribution in [0.25, 0.3) is 0 Å². The zero-order valence-corrected chi connectivity index (χ0v) is 14.5. The molecule has 26 heavy (non-hydrogen) atoms. The Kier molecular flexibility index (Phi) is 6.23. The van der Waals surface area contributed by atoms with E-state index in [0.29, 0.717) is 17.7 Å². The van der Waals surface area contributed by atoms with Crippen LogP contribution in [0.1, 0.15) is 31.4 Å². The summed E-state index contributed by atoms with van der Waals surface area (Å²) in [6.45, 7) is 3.89. The van der Waals surface area contributed by atoms with Gasteiger partial charge in [-0.15, -0.1) is 0 Å². The third-order valence-corrected chi connectivity index (χ3v) is 4.09.